The average Bonchev–Trinajstić information content (AvgIpc) is 2.66. The van der Waals surface area contributed by atoms with Gasteiger partial charge in [0.2, 0.25) is 0 Å². The topological polar surface area (TPSA) is 60.0 Å². The third-order valence-electron chi connectivity index (χ3n) is 3.21. The first-order chi connectivity index (χ1) is 7.29. The van der Waals surface area contributed by atoms with Crippen molar-refractivity contribution in [2.45, 2.75) is 19.4 Å². The molecule has 0 amide bonds. The molecule has 0 atom stereocenters. The van der Waals surface area contributed by atoms with E-state index in [0.717, 1.165) is 37.9 Å². The molecule has 15 heavy (non-hydrogen) atoms. The van der Waals surface area contributed by atoms with Crippen LogP contribution in [0.1, 0.15) is 18.7 Å². The van der Waals surface area contributed by atoms with E-state index in [1.54, 1.807) is 6.33 Å². The summed E-state index contributed by atoms with van der Waals surface area (Å²) in [5.41, 5.74) is 5.66. The molecule has 5 nitrogen and oxygen atoms in total. The van der Waals surface area contributed by atoms with Crippen LogP contribution in [0.25, 0.3) is 0 Å². The monoisotopic (exact) mass is 209 g/mol. The highest BCUT2D eigenvalue weighted by Gasteiger charge is 2.18. The van der Waals surface area contributed by atoms with E-state index >= 15 is 0 Å². The van der Waals surface area contributed by atoms with E-state index < -0.39 is 0 Å². The molecule has 1 aliphatic heterocycles. The Hall–Kier alpha value is -0.940. The van der Waals surface area contributed by atoms with Crippen molar-refractivity contribution < 1.29 is 0 Å². The lowest BCUT2D eigenvalue weighted by molar-refractivity contribution is 0.175. The Morgan fingerprint density at radius 3 is 2.73 bits per heavy atom. The van der Waals surface area contributed by atoms with Crippen LogP contribution < -0.4 is 5.73 Å². The zero-order valence-electron chi connectivity index (χ0n) is 9.26. The van der Waals surface area contributed by atoms with Crippen molar-refractivity contribution in [3.8, 4) is 0 Å². The van der Waals surface area contributed by atoms with Gasteiger partial charge in [-0.15, -0.1) is 0 Å². The number of piperidine rings is 1. The van der Waals surface area contributed by atoms with E-state index in [4.69, 9.17) is 5.73 Å². The van der Waals surface area contributed by atoms with Crippen molar-refractivity contribution in [2.75, 3.05) is 19.6 Å². The molecule has 0 saturated carbocycles. The molecule has 1 fully saturated rings. The molecule has 1 saturated heterocycles. The number of rotatable bonds is 3. The summed E-state index contributed by atoms with van der Waals surface area (Å²) in [6, 6.07) is 0. The molecule has 0 radical (unpaired) electrons. The quantitative estimate of drug-likeness (QED) is 0.760. The minimum Gasteiger partial charge on any atom is -0.330 e. The van der Waals surface area contributed by atoms with Crippen LogP contribution in [0.15, 0.2) is 6.33 Å². The molecular weight excluding hydrogens is 190 g/mol. The smallest absolute Gasteiger partial charge is 0.140 e. The van der Waals surface area contributed by atoms with Crippen LogP contribution in [0.2, 0.25) is 0 Å². The summed E-state index contributed by atoms with van der Waals surface area (Å²) in [6.45, 7) is 4.01. The SMILES string of the molecule is Cn1ncnc1CN1CCC(CN)CC1. The first-order valence-electron chi connectivity index (χ1n) is 5.55. The van der Waals surface area contributed by atoms with Gasteiger partial charge in [0.1, 0.15) is 12.2 Å². The van der Waals surface area contributed by atoms with Crippen molar-refractivity contribution in [2.24, 2.45) is 18.7 Å². The van der Waals surface area contributed by atoms with Crippen molar-refractivity contribution in [3.05, 3.63) is 12.2 Å². The van der Waals surface area contributed by atoms with Gasteiger partial charge >= 0.3 is 0 Å². The summed E-state index contributed by atoms with van der Waals surface area (Å²) in [5, 5.41) is 4.07. The highest BCUT2D eigenvalue weighted by molar-refractivity contribution is 4.85. The predicted molar refractivity (Wildman–Crippen MR) is 58.1 cm³/mol. The fourth-order valence-electron chi connectivity index (χ4n) is 2.04. The van der Waals surface area contributed by atoms with Gasteiger partial charge in [0.05, 0.1) is 6.54 Å². The molecule has 5 heteroatoms. The molecule has 2 heterocycles. The molecule has 1 aromatic rings. The molecule has 0 spiro atoms. The molecule has 2 N–H and O–H groups in total. The fraction of sp³-hybridized carbons (Fsp3) is 0.800. The van der Waals surface area contributed by atoms with Crippen LogP contribution >= 0.6 is 0 Å². The summed E-state index contributed by atoms with van der Waals surface area (Å²) in [7, 11) is 1.94. The third kappa shape index (κ3) is 2.54. The van der Waals surface area contributed by atoms with E-state index in [1.165, 1.54) is 12.8 Å². The van der Waals surface area contributed by atoms with Gasteiger partial charge in [-0.1, -0.05) is 0 Å². The Labute approximate surface area is 90.3 Å². The molecule has 0 aromatic carbocycles. The lowest BCUT2D eigenvalue weighted by Crippen LogP contribution is -2.36. The Kier molecular flexibility index (Phi) is 3.33. The molecule has 0 bridgehead atoms. The van der Waals surface area contributed by atoms with Crippen molar-refractivity contribution in [1.82, 2.24) is 19.7 Å². The number of aryl methyl sites for hydroxylation is 1. The predicted octanol–water partition coefficient (Wildman–Crippen LogP) is -0.0142. The Bertz CT molecular complexity index is 301. The summed E-state index contributed by atoms with van der Waals surface area (Å²) >= 11 is 0. The fourth-order valence-corrected chi connectivity index (χ4v) is 2.04. The van der Waals surface area contributed by atoms with E-state index in [9.17, 15) is 0 Å². The van der Waals surface area contributed by atoms with Gasteiger partial charge in [-0.25, -0.2) is 4.98 Å². The average molecular weight is 209 g/mol. The summed E-state index contributed by atoms with van der Waals surface area (Å²) < 4.78 is 1.84. The van der Waals surface area contributed by atoms with Crippen molar-refractivity contribution in [3.63, 3.8) is 0 Å². The number of nitrogens with zero attached hydrogens (tertiary/aromatic N) is 4. The largest absolute Gasteiger partial charge is 0.330 e. The maximum absolute atomic E-state index is 5.66. The second kappa shape index (κ2) is 4.72. The molecule has 84 valence electrons. The molecular formula is C10H19N5. The third-order valence-corrected chi connectivity index (χ3v) is 3.21. The maximum Gasteiger partial charge on any atom is 0.140 e. The van der Waals surface area contributed by atoms with E-state index in [0.29, 0.717) is 0 Å². The van der Waals surface area contributed by atoms with Gasteiger partial charge in [-0.2, -0.15) is 5.10 Å². The summed E-state index contributed by atoms with van der Waals surface area (Å²) in [6.07, 6.45) is 4.05. The Morgan fingerprint density at radius 1 is 1.47 bits per heavy atom. The van der Waals surface area contributed by atoms with E-state index in [2.05, 4.69) is 15.0 Å². The second-order valence-electron chi connectivity index (χ2n) is 4.26. The summed E-state index contributed by atoms with van der Waals surface area (Å²) in [4.78, 5) is 6.66. The lowest BCUT2D eigenvalue weighted by Gasteiger charge is -2.30. The molecule has 1 aromatic heterocycles. The standard InChI is InChI=1S/C10H19N5/c1-14-10(12-8-13-14)7-15-4-2-9(6-11)3-5-15/h8-9H,2-7,11H2,1H3. The van der Waals surface area contributed by atoms with Crippen LogP contribution in [-0.4, -0.2) is 39.3 Å². The normalized spacial score (nSPS) is 19.6. The molecule has 0 unspecified atom stereocenters. The zero-order valence-corrected chi connectivity index (χ0v) is 9.26. The highest BCUT2D eigenvalue weighted by atomic mass is 15.3. The van der Waals surface area contributed by atoms with E-state index in [1.807, 2.05) is 11.7 Å². The minimum absolute atomic E-state index is 0.723. The van der Waals surface area contributed by atoms with Crippen LogP contribution in [0.5, 0.6) is 0 Å². The minimum atomic E-state index is 0.723. The number of hydrogen-bond acceptors (Lipinski definition) is 4. The number of likely N-dealkylation sites (tertiary alicyclic amines) is 1. The van der Waals surface area contributed by atoms with Gasteiger partial charge in [-0.05, 0) is 38.4 Å². The zero-order chi connectivity index (χ0) is 10.7. The maximum atomic E-state index is 5.66. The van der Waals surface area contributed by atoms with Crippen molar-refractivity contribution in [1.29, 1.82) is 0 Å². The van der Waals surface area contributed by atoms with Gasteiger partial charge in [0.15, 0.2) is 0 Å². The Balaban J connectivity index is 1.85. The first-order valence-corrected chi connectivity index (χ1v) is 5.55. The van der Waals surface area contributed by atoms with Crippen LogP contribution in [0, 0.1) is 5.92 Å². The lowest BCUT2D eigenvalue weighted by atomic mass is 9.97. The second-order valence-corrected chi connectivity index (χ2v) is 4.26. The van der Waals surface area contributed by atoms with E-state index in [-0.39, 0.29) is 0 Å². The van der Waals surface area contributed by atoms with Crippen LogP contribution in [0.4, 0.5) is 0 Å². The van der Waals surface area contributed by atoms with Gasteiger partial charge in [-0.3, -0.25) is 9.58 Å². The van der Waals surface area contributed by atoms with Crippen LogP contribution in [0.3, 0.4) is 0 Å². The first kappa shape index (κ1) is 10.6. The number of aromatic nitrogens is 3. The highest BCUT2D eigenvalue weighted by Crippen LogP contribution is 2.16. The molecule has 0 aliphatic carbocycles. The summed E-state index contributed by atoms with van der Waals surface area (Å²) in [5.74, 6) is 1.77. The van der Waals surface area contributed by atoms with Gasteiger partial charge < -0.3 is 5.73 Å². The molecule has 1 aliphatic rings. The van der Waals surface area contributed by atoms with Gasteiger partial charge in [0, 0.05) is 7.05 Å². The van der Waals surface area contributed by atoms with Crippen molar-refractivity contribution >= 4 is 0 Å². The number of hydrogen-bond donors (Lipinski definition) is 1. The van der Waals surface area contributed by atoms with Crippen LogP contribution in [-0.2, 0) is 13.6 Å². The molecule has 2 rings (SSSR count). The number of nitrogens with two attached hydrogens (primary N) is 1. The van der Waals surface area contributed by atoms with Gasteiger partial charge in [0.25, 0.3) is 0 Å². The Morgan fingerprint density at radius 2 is 2.20 bits per heavy atom.